The fraction of sp³-hybridized carbons (Fsp3) is 0.500. The smallest absolute Gasteiger partial charge is 0.0660 e. The Morgan fingerprint density at radius 3 is 2.89 bits per heavy atom. The van der Waals surface area contributed by atoms with E-state index in [1.54, 1.807) is 12.4 Å². The third-order valence-electron chi connectivity index (χ3n) is 0.572. The summed E-state index contributed by atoms with van der Waals surface area (Å²) in [4.78, 5) is 3.92. The molecule has 52 valence electrons. The summed E-state index contributed by atoms with van der Waals surface area (Å²) in [5.41, 5.74) is 0. The van der Waals surface area contributed by atoms with E-state index in [9.17, 15) is 0 Å². The van der Waals surface area contributed by atoms with Crippen LogP contribution in [0.3, 0.4) is 0 Å². The van der Waals surface area contributed by atoms with Crippen LogP contribution in [0.25, 0.3) is 0 Å². The number of allylic oxidation sites excluding steroid dienone is 1. The zero-order valence-corrected chi connectivity index (χ0v) is 8.13. The number of nitrogens with zero attached hydrogens (tertiary/aromatic N) is 1. The predicted molar refractivity (Wildman–Crippen MR) is 51.8 cm³/mol. The van der Waals surface area contributed by atoms with E-state index in [1.165, 1.54) is 0 Å². The highest BCUT2D eigenvalue weighted by Crippen LogP contribution is 1.88. The maximum atomic E-state index is 5.57. The first-order valence-corrected chi connectivity index (χ1v) is 4.62. The molecule has 0 rings (SSSR count). The van der Waals surface area contributed by atoms with Crippen LogP contribution in [0.2, 0.25) is 0 Å². The monoisotopic (exact) mass is 257 g/mol. The molecule has 0 aliphatic heterocycles. The van der Waals surface area contributed by atoms with E-state index in [2.05, 4.69) is 27.6 Å². The second-order valence-corrected chi connectivity index (χ2v) is 3.08. The Morgan fingerprint density at radius 1 is 1.78 bits per heavy atom. The van der Waals surface area contributed by atoms with Crippen molar-refractivity contribution in [2.45, 2.75) is 12.3 Å². The summed E-state index contributed by atoms with van der Waals surface area (Å²) < 4.78 is 0.992. The molecule has 1 atom stereocenters. The van der Waals surface area contributed by atoms with Crippen molar-refractivity contribution in [1.29, 1.82) is 0 Å². The number of aliphatic imine (C=N–C) groups is 1. The summed E-state index contributed by atoms with van der Waals surface area (Å²) in [6.45, 7) is 1.88. The lowest BCUT2D eigenvalue weighted by atomic mass is 10.5. The van der Waals surface area contributed by atoms with Crippen LogP contribution in [0.15, 0.2) is 17.3 Å². The Balaban J connectivity index is 3.35. The minimum Gasteiger partial charge on any atom is -0.268 e. The summed E-state index contributed by atoms with van der Waals surface area (Å²) in [7, 11) is 0. The average molecular weight is 258 g/mol. The van der Waals surface area contributed by atoms with Crippen molar-refractivity contribution in [3.8, 4) is 0 Å². The van der Waals surface area contributed by atoms with Gasteiger partial charge in [-0.25, -0.2) is 0 Å². The fourth-order valence-corrected chi connectivity index (χ4v) is 0.561. The zero-order chi connectivity index (χ0) is 7.11. The SMILES string of the molecule is CC(Cl)C=N/C=C\CI. The van der Waals surface area contributed by atoms with Gasteiger partial charge in [-0.3, -0.25) is 4.99 Å². The van der Waals surface area contributed by atoms with Crippen molar-refractivity contribution in [2.75, 3.05) is 4.43 Å². The number of hydrogen-bond donors (Lipinski definition) is 0. The molecule has 3 heteroatoms. The second-order valence-electron chi connectivity index (χ2n) is 1.51. The number of hydrogen-bond acceptors (Lipinski definition) is 1. The van der Waals surface area contributed by atoms with Gasteiger partial charge >= 0.3 is 0 Å². The van der Waals surface area contributed by atoms with Gasteiger partial charge in [0.25, 0.3) is 0 Å². The highest BCUT2D eigenvalue weighted by atomic mass is 127. The van der Waals surface area contributed by atoms with Gasteiger partial charge in [0.1, 0.15) is 0 Å². The molecule has 1 unspecified atom stereocenters. The van der Waals surface area contributed by atoms with E-state index < -0.39 is 0 Å². The molecule has 0 amide bonds. The molecule has 1 nitrogen and oxygen atoms in total. The maximum Gasteiger partial charge on any atom is 0.0660 e. The maximum absolute atomic E-state index is 5.57. The number of halogens is 2. The van der Waals surface area contributed by atoms with Gasteiger partial charge in [-0.1, -0.05) is 28.7 Å². The molecule has 0 saturated carbocycles. The molecule has 0 spiro atoms. The molecular formula is C6H9ClIN. The predicted octanol–water partition coefficient (Wildman–Crippen LogP) is 2.63. The van der Waals surface area contributed by atoms with Crippen molar-refractivity contribution in [1.82, 2.24) is 0 Å². The molecule has 0 aliphatic rings. The van der Waals surface area contributed by atoms with E-state index in [4.69, 9.17) is 11.6 Å². The van der Waals surface area contributed by atoms with Crippen LogP contribution in [-0.2, 0) is 0 Å². The average Bonchev–Trinajstić information content (AvgIpc) is 1.80. The lowest BCUT2D eigenvalue weighted by Gasteiger charge is -1.85. The lowest BCUT2D eigenvalue weighted by molar-refractivity contribution is 1.32. The summed E-state index contributed by atoms with van der Waals surface area (Å²) in [6.07, 6.45) is 5.42. The van der Waals surface area contributed by atoms with Crippen LogP contribution in [0.1, 0.15) is 6.92 Å². The molecule has 0 saturated heterocycles. The van der Waals surface area contributed by atoms with Crippen molar-refractivity contribution in [2.24, 2.45) is 4.99 Å². The highest BCUT2D eigenvalue weighted by molar-refractivity contribution is 14.1. The van der Waals surface area contributed by atoms with Crippen molar-refractivity contribution >= 4 is 40.4 Å². The molecule has 0 heterocycles. The summed E-state index contributed by atoms with van der Waals surface area (Å²) in [5, 5.41) is 0.0314. The Kier molecular flexibility index (Phi) is 6.86. The fourth-order valence-electron chi connectivity index (χ4n) is 0.269. The molecule has 0 aromatic heterocycles. The zero-order valence-electron chi connectivity index (χ0n) is 5.22. The lowest BCUT2D eigenvalue weighted by Crippen LogP contribution is -1.88. The molecule has 0 aliphatic carbocycles. The number of rotatable bonds is 3. The molecule has 0 bridgehead atoms. The summed E-state index contributed by atoms with van der Waals surface area (Å²) in [5.74, 6) is 0. The minimum absolute atomic E-state index is 0.0314. The van der Waals surface area contributed by atoms with E-state index in [0.717, 1.165) is 4.43 Å². The first-order chi connectivity index (χ1) is 4.27. The highest BCUT2D eigenvalue weighted by Gasteiger charge is 1.82. The quantitative estimate of drug-likeness (QED) is 0.419. The van der Waals surface area contributed by atoms with Gasteiger partial charge in [-0.15, -0.1) is 11.6 Å². The van der Waals surface area contributed by atoms with E-state index in [1.807, 2.05) is 13.0 Å². The molecule has 0 fully saturated rings. The Labute approximate surface area is 74.3 Å². The normalized spacial score (nSPS) is 15.4. The summed E-state index contributed by atoms with van der Waals surface area (Å²) in [6, 6.07) is 0. The first-order valence-electron chi connectivity index (χ1n) is 2.65. The Morgan fingerprint density at radius 2 is 2.44 bits per heavy atom. The van der Waals surface area contributed by atoms with Gasteiger partial charge in [-0.05, 0) is 6.92 Å². The van der Waals surface area contributed by atoms with Crippen LogP contribution >= 0.6 is 34.2 Å². The minimum atomic E-state index is 0.0314. The van der Waals surface area contributed by atoms with Gasteiger partial charge in [0, 0.05) is 16.8 Å². The standard InChI is InChI=1S/C6H9ClIN/c1-6(7)5-9-4-2-3-8/h2,4-6H,3H2,1H3/b4-2-,9-5?. The van der Waals surface area contributed by atoms with Gasteiger partial charge in [-0.2, -0.15) is 0 Å². The van der Waals surface area contributed by atoms with Crippen LogP contribution in [0.5, 0.6) is 0 Å². The Bertz CT molecular complexity index is 110. The Hall–Kier alpha value is 0.430. The van der Waals surface area contributed by atoms with Crippen LogP contribution in [0.4, 0.5) is 0 Å². The third-order valence-corrected chi connectivity index (χ3v) is 1.19. The van der Waals surface area contributed by atoms with Gasteiger partial charge in [0.2, 0.25) is 0 Å². The van der Waals surface area contributed by atoms with Crippen LogP contribution in [0, 0.1) is 0 Å². The van der Waals surface area contributed by atoms with Crippen molar-refractivity contribution in [3.05, 3.63) is 12.3 Å². The molecule has 0 radical (unpaired) electrons. The van der Waals surface area contributed by atoms with E-state index in [0.29, 0.717) is 0 Å². The van der Waals surface area contributed by atoms with Gasteiger partial charge < -0.3 is 0 Å². The summed E-state index contributed by atoms with van der Waals surface area (Å²) >= 11 is 7.82. The van der Waals surface area contributed by atoms with Crippen LogP contribution < -0.4 is 0 Å². The molecule has 9 heavy (non-hydrogen) atoms. The van der Waals surface area contributed by atoms with Crippen molar-refractivity contribution in [3.63, 3.8) is 0 Å². The second kappa shape index (κ2) is 6.55. The molecular weight excluding hydrogens is 248 g/mol. The topological polar surface area (TPSA) is 12.4 Å². The van der Waals surface area contributed by atoms with Crippen LogP contribution in [-0.4, -0.2) is 16.0 Å². The van der Waals surface area contributed by atoms with E-state index >= 15 is 0 Å². The van der Waals surface area contributed by atoms with Gasteiger partial charge in [0.05, 0.1) is 5.38 Å². The number of alkyl halides is 2. The van der Waals surface area contributed by atoms with Gasteiger partial charge in [0.15, 0.2) is 0 Å². The van der Waals surface area contributed by atoms with Crippen molar-refractivity contribution < 1.29 is 0 Å². The largest absolute Gasteiger partial charge is 0.268 e. The third kappa shape index (κ3) is 8.43. The molecule has 0 N–H and O–H groups in total. The first kappa shape index (κ1) is 9.43. The van der Waals surface area contributed by atoms with E-state index in [-0.39, 0.29) is 5.38 Å². The molecule has 0 aromatic rings. The molecule has 0 aromatic carbocycles.